The summed E-state index contributed by atoms with van der Waals surface area (Å²) in [5.74, 6) is 1.75. The molecule has 0 radical (unpaired) electrons. The summed E-state index contributed by atoms with van der Waals surface area (Å²) in [7, 11) is 1.69. The Bertz CT molecular complexity index is 419. The van der Waals surface area contributed by atoms with Gasteiger partial charge in [0.25, 0.3) is 0 Å². The van der Waals surface area contributed by atoms with Crippen LogP contribution in [0.3, 0.4) is 0 Å². The van der Waals surface area contributed by atoms with Crippen molar-refractivity contribution in [3.63, 3.8) is 0 Å². The fourth-order valence-corrected chi connectivity index (χ4v) is 2.35. The standard InChI is InChI=1S/C14H22BrN3O.HI/c1-4-16-14(17-5-2)18-10-9-11-7-6-8-12(15)13(11)19-3;/h6-8H,4-5,9-10H2,1-3H3,(H2,16,17,18);1H. The summed E-state index contributed by atoms with van der Waals surface area (Å²) in [5.41, 5.74) is 1.16. The fraction of sp³-hybridized carbons (Fsp3) is 0.500. The highest BCUT2D eigenvalue weighted by atomic mass is 127. The molecule has 20 heavy (non-hydrogen) atoms. The number of benzene rings is 1. The van der Waals surface area contributed by atoms with Crippen molar-refractivity contribution in [2.75, 3.05) is 26.7 Å². The molecule has 2 N–H and O–H groups in total. The van der Waals surface area contributed by atoms with Gasteiger partial charge in [0.15, 0.2) is 5.96 Å². The van der Waals surface area contributed by atoms with Crippen molar-refractivity contribution in [1.29, 1.82) is 0 Å². The van der Waals surface area contributed by atoms with Gasteiger partial charge in [-0.1, -0.05) is 12.1 Å². The second-order valence-electron chi connectivity index (χ2n) is 3.97. The Balaban J connectivity index is 0.00000361. The minimum absolute atomic E-state index is 0. The number of hydrogen-bond acceptors (Lipinski definition) is 2. The molecule has 0 saturated heterocycles. The number of para-hydroxylation sites is 1. The van der Waals surface area contributed by atoms with Crippen molar-refractivity contribution in [2.45, 2.75) is 20.3 Å². The SMILES string of the molecule is CCNC(=NCCc1cccc(Br)c1OC)NCC.I. The topological polar surface area (TPSA) is 45.7 Å². The number of nitrogens with zero attached hydrogens (tertiary/aromatic N) is 1. The third-order valence-electron chi connectivity index (χ3n) is 2.59. The molecule has 1 rings (SSSR count). The van der Waals surface area contributed by atoms with Crippen LogP contribution in [0.5, 0.6) is 5.75 Å². The summed E-state index contributed by atoms with van der Waals surface area (Å²) < 4.78 is 6.38. The molecule has 1 aromatic carbocycles. The average Bonchev–Trinajstić information content (AvgIpc) is 2.39. The van der Waals surface area contributed by atoms with E-state index >= 15 is 0 Å². The van der Waals surface area contributed by atoms with Gasteiger partial charge in [0.05, 0.1) is 11.6 Å². The monoisotopic (exact) mass is 455 g/mol. The number of halogens is 2. The van der Waals surface area contributed by atoms with Crippen LogP contribution in [0.4, 0.5) is 0 Å². The number of aliphatic imine (C=N–C) groups is 1. The third-order valence-corrected chi connectivity index (χ3v) is 3.22. The number of hydrogen-bond donors (Lipinski definition) is 2. The van der Waals surface area contributed by atoms with Gasteiger partial charge in [-0.25, -0.2) is 0 Å². The molecule has 0 saturated carbocycles. The molecule has 0 heterocycles. The zero-order valence-electron chi connectivity index (χ0n) is 12.2. The lowest BCUT2D eigenvalue weighted by molar-refractivity contribution is 0.407. The number of methoxy groups -OCH3 is 1. The van der Waals surface area contributed by atoms with Gasteiger partial charge in [0, 0.05) is 19.6 Å². The minimum atomic E-state index is 0. The number of rotatable bonds is 6. The van der Waals surface area contributed by atoms with E-state index in [9.17, 15) is 0 Å². The van der Waals surface area contributed by atoms with E-state index in [0.717, 1.165) is 47.8 Å². The molecule has 0 unspecified atom stereocenters. The maximum absolute atomic E-state index is 5.40. The molecule has 0 aliphatic carbocycles. The largest absolute Gasteiger partial charge is 0.495 e. The zero-order chi connectivity index (χ0) is 14.1. The summed E-state index contributed by atoms with van der Waals surface area (Å²) in [5, 5.41) is 6.42. The van der Waals surface area contributed by atoms with Crippen LogP contribution in [-0.4, -0.2) is 32.7 Å². The molecule has 0 spiro atoms. The first-order chi connectivity index (χ1) is 9.22. The van der Waals surface area contributed by atoms with Crippen LogP contribution in [0.1, 0.15) is 19.4 Å². The van der Waals surface area contributed by atoms with E-state index < -0.39 is 0 Å². The summed E-state index contributed by atoms with van der Waals surface area (Å²) >= 11 is 3.49. The van der Waals surface area contributed by atoms with Gasteiger partial charge in [-0.3, -0.25) is 4.99 Å². The van der Waals surface area contributed by atoms with Crippen molar-refractivity contribution in [3.8, 4) is 5.75 Å². The lowest BCUT2D eigenvalue weighted by atomic mass is 10.1. The average molecular weight is 456 g/mol. The first-order valence-electron chi connectivity index (χ1n) is 6.56. The van der Waals surface area contributed by atoms with Gasteiger partial charge < -0.3 is 15.4 Å². The van der Waals surface area contributed by atoms with Gasteiger partial charge in [-0.05, 0) is 47.8 Å². The Labute approximate surface area is 146 Å². The number of ether oxygens (including phenoxy) is 1. The van der Waals surface area contributed by atoms with Gasteiger partial charge in [0.1, 0.15) is 5.75 Å². The van der Waals surface area contributed by atoms with E-state index in [-0.39, 0.29) is 24.0 Å². The van der Waals surface area contributed by atoms with Gasteiger partial charge >= 0.3 is 0 Å². The van der Waals surface area contributed by atoms with E-state index in [1.165, 1.54) is 0 Å². The molecule has 4 nitrogen and oxygen atoms in total. The molecular weight excluding hydrogens is 433 g/mol. The second-order valence-corrected chi connectivity index (χ2v) is 4.83. The van der Waals surface area contributed by atoms with Crippen molar-refractivity contribution < 1.29 is 4.74 Å². The van der Waals surface area contributed by atoms with E-state index in [1.807, 2.05) is 12.1 Å². The maximum Gasteiger partial charge on any atom is 0.191 e. The summed E-state index contributed by atoms with van der Waals surface area (Å²) in [6.07, 6.45) is 0.850. The van der Waals surface area contributed by atoms with Crippen LogP contribution in [-0.2, 0) is 6.42 Å². The minimum Gasteiger partial charge on any atom is -0.495 e. The Morgan fingerprint density at radius 1 is 1.25 bits per heavy atom. The summed E-state index contributed by atoms with van der Waals surface area (Å²) in [6.45, 7) is 6.58. The zero-order valence-corrected chi connectivity index (χ0v) is 16.1. The smallest absolute Gasteiger partial charge is 0.191 e. The Kier molecular flexibility index (Phi) is 10.9. The molecule has 114 valence electrons. The highest BCUT2D eigenvalue weighted by Gasteiger charge is 2.06. The molecule has 0 amide bonds. The second kappa shape index (κ2) is 11.2. The van der Waals surface area contributed by atoms with Crippen LogP contribution >= 0.6 is 39.9 Å². The molecule has 0 aromatic heterocycles. The quantitative estimate of drug-likeness (QED) is 0.393. The lowest BCUT2D eigenvalue weighted by Crippen LogP contribution is -2.37. The number of nitrogens with one attached hydrogen (secondary N) is 2. The van der Waals surface area contributed by atoms with Crippen LogP contribution in [0.15, 0.2) is 27.7 Å². The van der Waals surface area contributed by atoms with Crippen molar-refractivity contribution in [2.24, 2.45) is 4.99 Å². The van der Waals surface area contributed by atoms with Crippen molar-refractivity contribution in [3.05, 3.63) is 28.2 Å². The molecule has 0 aliphatic rings. The number of guanidine groups is 1. The first-order valence-corrected chi connectivity index (χ1v) is 7.35. The highest BCUT2D eigenvalue weighted by Crippen LogP contribution is 2.28. The van der Waals surface area contributed by atoms with E-state index in [2.05, 4.69) is 51.5 Å². The van der Waals surface area contributed by atoms with Crippen LogP contribution in [0.2, 0.25) is 0 Å². The predicted molar refractivity (Wildman–Crippen MR) is 99.5 cm³/mol. The normalized spacial score (nSPS) is 9.40. The third kappa shape index (κ3) is 6.30. The highest BCUT2D eigenvalue weighted by molar-refractivity contribution is 14.0. The lowest BCUT2D eigenvalue weighted by Gasteiger charge is -2.11. The Hall–Kier alpha value is -0.500. The predicted octanol–water partition coefficient (Wildman–Crippen LogP) is 3.19. The maximum atomic E-state index is 5.40. The van der Waals surface area contributed by atoms with Crippen LogP contribution in [0, 0.1) is 0 Å². The molecule has 1 aromatic rings. The molecular formula is C14H23BrIN3O. The van der Waals surface area contributed by atoms with Gasteiger partial charge in [0.2, 0.25) is 0 Å². The van der Waals surface area contributed by atoms with E-state index in [4.69, 9.17) is 4.74 Å². The van der Waals surface area contributed by atoms with Gasteiger partial charge in [-0.15, -0.1) is 24.0 Å². The van der Waals surface area contributed by atoms with Crippen molar-refractivity contribution in [1.82, 2.24) is 10.6 Å². The molecule has 0 fully saturated rings. The van der Waals surface area contributed by atoms with Gasteiger partial charge in [-0.2, -0.15) is 0 Å². The Morgan fingerprint density at radius 2 is 1.90 bits per heavy atom. The van der Waals surface area contributed by atoms with E-state index in [1.54, 1.807) is 7.11 Å². The van der Waals surface area contributed by atoms with Crippen LogP contribution in [0.25, 0.3) is 0 Å². The fourth-order valence-electron chi connectivity index (χ4n) is 1.78. The molecule has 0 bridgehead atoms. The summed E-state index contributed by atoms with van der Waals surface area (Å²) in [6, 6.07) is 6.06. The molecule has 0 aliphatic heterocycles. The van der Waals surface area contributed by atoms with Crippen LogP contribution < -0.4 is 15.4 Å². The first kappa shape index (κ1) is 19.5. The van der Waals surface area contributed by atoms with Crippen molar-refractivity contribution >= 4 is 45.9 Å². The molecule has 0 atom stereocenters. The summed E-state index contributed by atoms with van der Waals surface area (Å²) in [4.78, 5) is 4.53. The Morgan fingerprint density at radius 3 is 2.45 bits per heavy atom. The van der Waals surface area contributed by atoms with E-state index in [0.29, 0.717) is 0 Å². The molecule has 6 heteroatoms.